The maximum absolute atomic E-state index is 10.9. The molecule has 0 N–H and O–H groups in total. The Morgan fingerprint density at radius 3 is 2.35 bits per heavy atom. The van der Waals surface area contributed by atoms with E-state index < -0.39 is 9.85 Å². The zero-order valence-electron chi connectivity index (χ0n) is 12.9. The van der Waals surface area contributed by atoms with Crippen LogP contribution in [0, 0.1) is 20.2 Å². The van der Waals surface area contributed by atoms with Gasteiger partial charge in [-0.05, 0) is 17.7 Å². The van der Waals surface area contributed by atoms with Crippen LogP contribution >= 0.6 is 34.7 Å². The molecule has 11 heteroatoms. The Kier molecular flexibility index (Phi) is 5.45. The number of aromatic nitrogens is 2. The summed E-state index contributed by atoms with van der Waals surface area (Å²) in [6.07, 6.45) is 0. The fourth-order valence-corrected chi connectivity index (χ4v) is 4.07. The van der Waals surface area contributed by atoms with E-state index in [0.717, 1.165) is 11.6 Å². The fraction of sp³-hybridized carbons (Fsp3) is 0.0667. The Morgan fingerprint density at radius 2 is 1.73 bits per heavy atom. The SMILES string of the molecule is O=[N+]([O-])c1cc(CSc2nnc(-c3cccc(Cl)c3)s2)cc([N+](=O)[O-])c1. The van der Waals surface area contributed by atoms with Gasteiger partial charge in [0, 0.05) is 28.5 Å². The van der Waals surface area contributed by atoms with Crippen LogP contribution < -0.4 is 0 Å². The van der Waals surface area contributed by atoms with Crippen LogP contribution in [0.4, 0.5) is 11.4 Å². The molecule has 0 aliphatic rings. The molecule has 0 amide bonds. The molecule has 1 aromatic heterocycles. The second-order valence-corrected chi connectivity index (χ2v) is 7.68. The third-order valence-electron chi connectivity index (χ3n) is 3.22. The zero-order chi connectivity index (χ0) is 18.7. The Bertz CT molecular complexity index is 963. The van der Waals surface area contributed by atoms with Crippen LogP contribution in [0.25, 0.3) is 10.6 Å². The lowest BCUT2D eigenvalue weighted by molar-refractivity contribution is -0.394. The van der Waals surface area contributed by atoms with E-state index in [1.807, 2.05) is 12.1 Å². The standard InChI is InChI=1S/C15H9ClN4O4S2/c16-11-3-1-2-10(6-11)14-17-18-15(26-14)25-8-9-4-12(19(21)22)7-13(5-9)20(23)24/h1-7H,8H2. The van der Waals surface area contributed by atoms with E-state index in [1.165, 1.54) is 35.2 Å². The minimum atomic E-state index is -0.649. The van der Waals surface area contributed by atoms with Crippen LogP contribution in [0.3, 0.4) is 0 Å². The van der Waals surface area contributed by atoms with Crippen LogP contribution in [0.15, 0.2) is 46.8 Å². The van der Waals surface area contributed by atoms with E-state index in [0.29, 0.717) is 25.7 Å². The summed E-state index contributed by atoms with van der Waals surface area (Å²) in [5, 5.41) is 31.3. The van der Waals surface area contributed by atoms with Gasteiger partial charge in [0.25, 0.3) is 11.4 Å². The minimum absolute atomic E-state index is 0.298. The lowest BCUT2D eigenvalue weighted by atomic mass is 10.2. The molecule has 0 radical (unpaired) electrons. The highest BCUT2D eigenvalue weighted by Gasteiger charge is 2.17. The number of non-ortho nitro benzene ring substituents is 2. The van der Waals surface area contributed by atoms with E-state index in [2.05, 4.69) is 10.2 Å². The molecule has 0 bridgehead atoms. The van der Waals surface area contributed by atoms with Gasteiger partial charge in [-0.25, -0.2) is 0 Å². The molecule has 0 saturated carbocycles. The van der Waals surface area contributed by atoms with Gasteiger partial charge >= 0.3 is 0 Å². The van der Waals surface area contributed by atoms with Gasteiger partial charge in [-0.2, -0.15) is 0 Å². The Balaban J connectivity index is 1.77. The lowest BCUT2D eigenvalue weighted by Gasteiger charge is -2.00. The summed E-state index contributed by atoms with van der Waals surface area (Å²) < 4.78 is 0.647. The molecule has 0 spiro atoms. The smallest absolute Gasteiger partial charge is 0.258 e. The topological polar surface area (TPSA) is 112 Å². The summed E-state index contributed by atoms with van der Waals surface area (Å²) in [4.78, 5) is 20.6. The average Bonchev–Trinajstić information content (AvgIpc) is 3.08. The number of hydrogen-bond acceptors (Lipinski definition) is 8. The molecule has 0 saturated heterocycles. The molecule has 0 unspecified atom stereocenters. The molecule has 1 heterocycles. The fourth-order valence-electron chi connectivity index (χ4n) is 2.10. The van der Waals surface area contributed by atoms with Crippen LogP contribution in [0.1, 0.15) is 5.56 Å². The number of nitrogens with zero attached hydrogens (tertiary/aromatic N) is 4. The second kappa shape index (κ2) is 7.77. The number of benzene rings is 2. The van der Waals surface area contributed by atoms with Gasteiger partial charge in [-0.1, -0.05) is 46.8 Å². The summed E-state index contributed by atoms with van der Waals surface area (Å²) in [6.45, 7) is 0. The van der Waals surface area contributed by atoms with E-state index in [4.69, 9.17) is 11.6 Å². The van der Waals surface area contributed by atoms with Crippen molar-refractivity contribution in [3.63, 3.8) is 0 Å². The maximum atomic E-state index is 10.9. The van der Waals surface area contributed by atoms with Crippen molar-refractivity contribution < 1.29 is 9.85 Å². The van der Waals surface area contributed by atoms with E-state index in [9.17, 15) is 20.2 Å². The molecular formula is C15H9ClN4O4S2. The average molecular weight is 409 g/mol. The van der Waals surface area contributed by atoms with Gasteiger partial charge in [0.15, 0.2) is 4.34 Å². The number of nitro groups is 2. The molecule has 8 nitrogen and oxygen atoms in total. The molecule has 132 valence electrons. The highest BCUT2D eigenvalue weighted by atomic mass is 35.5. The molecule has 0 aliphatic carbocycles. The molecule has 3 aromatic rings. The molecular weight excluding hydrogens is 400 g/mol. The monoisotopic (exact) mass is 408 g/mol. The molecule has 26 heavy (non-hydrogen) atoms. The molecule has 0 atom stereocenters. The van der Waals surface area contributed by atoms with Crippen LogP contribution in [0.2, 0.25) is 5.02 Å². The Labute approximate surface area is 160 Å². The number of halogens is 1. The summed E-state index contributed by atoms with van der Waals surface area (Å²) in [5.74, 6) is 0.298. The van der Waals surface area contributed by atoms with Crippen LogP contribution in [0.5, 0.6) is 0 Å². The van der Waals surface area contributed by atoms with E-state index in [-0.39, 0.29) is 11.4 Å². The first-order valence-electron chi connectivity index (χ1n) is 7.07. The van der Waals surface area contributed by atoms with E-state index in [1.54, 1.807) is 12.1 Å². The van der Waals surface area contributed by atoms with Gasteiger partial charge in [0.2, 0.25) is 0 Å². The van der Waals surface area contributed by atoms with Crippen LogP contribution in [-0.4, -0.2) is 20.0 Å². The van der Waals surface area contributed by atoms with Gasteiger partial charge < -0.3 is 0 Å². The second-order valence-electron chi connectivity index (χ2n) is 5.04. The first kappa shape index (κ1) is 18.2. The van der Waals surface area contributed by atoms with Crippen molar-refractivity contribution in [2.45, 2.75) is 10.1 Å². The van der Waals surface area contributed by atoms with Crippen LogP contribution in [-0.2, 0) is 5.75 Å². The maximum Gasteiger partial charge on any atom is 0.276 e. The summed E-state index contributed by atoms with van der Waals surface area (Å²) in [6, 6.07) is 10.8. The first-order chi connectivity index (χ1) is 12.4. The summed E-state index contributed by atoms with van der Waals surface area (Å²) in [5.41, 5.74) is 0.682. The Morgan fingerprint density at radius 1 is 1.04 bits per heavy atom. The predicted octanol–water partition coefficient (Wildman–Crippen LogP) is 4.97. The normalized spacial score (nSPS) is 10.7. The van der Waals surface area contributed by atoms with Gasteiger partial charge in [-0.15, -0.1) is 10.2 Å². The van der Waals surface area contributed by atoms with Crippen molar-refractivity contribution in [2.75, 3.05) is 0 Å². The van der Waals surface area contributed by atoms with Crippen molar-refractivity contribution in [2.24, 2.45) is 0 Å². The largest absolute Gasteiger partial charge is 0.276 e. The quantitative estimate of drug-likeness (QED) is 0.321. The van der Waals surface area contributed by atoms with Gasteiger partial charge in [0.1, 0.15) is 5.01 Å². The van der Waals surface area contributed by atoms with Crippen molar-refractivity contribution in [3.05, 3.63) is 73.3 Å². The number of nitro benzene ring substituents is 2. The van der Waals surface area contributed by atoms with Gasteiger partial charge in [-0.3, -0.25) is 20.2 Å². The summed E-state index contributed by atoms with van der Waals surface area (Å²) in [7, 11) is 0. The molecule has 0 aliphatic heterocycles. The number of rotatable bonds is 6. The predicted molar refractivity (Wildman–Crippen MR) is 99.7 cm³/mol. The number of thioether (sulfide) groups is 1. The zero-order valence-corrected chi connectivity index (χ0v) is 15.3. The van der Waals surface area contributed by atoms with Crippen molar-refractivity contribution >= 4 is 46.1 Å². The third kappa shape index (κ3) is 4.34. The van der Waals surface area contributed by atoms with E-state index >= 15 is 0 Å². The summed E-state index contributed by atoms with van der Waals surface area (Å²) >= 11 is 8.61. The molecule has 3 rings (SSSR count). The minimum Gasteiger partial charge on any atom is -0.258 e. The van der Waals surface area contributed by atoms with Crippen molar-refractivity contribution in [1.82, 2.24) is 10.2 Å². The highest BCUT2D eigenvalue weighted by molar-refractivity contribution is 8.00. The molecule has 2 aromatic carbocycles. The first-order valence-corrected chi connectivity index (χ1v) is 9.25. The Hall–Kier alpha value is -2.56. The lowest BCUT2D eigenvalue weighted by Crippen LogP contribution is -1.95. The van der Waals surface area contributed by atoms with Crippen molar-refractivity contribution in [3.8, 4) is 10.6 Å². The highest BCUT2D eigenvalue weighted by Crippen LogP contribution is 2.33. The third-order valence-corrected chi connectivity index (χ3v) is 5.64. The van der Waals surface area contributed by atoms with Gasteiger partial charge in [0.05, 0.1) is 15.9 Å². The molecule has 0 fully saturated rings. The number of hydrogen-bond donors (Lipinski definition) is 0. The van der Waals surface area contributed by atoms with Crippen molar-refractivity contribution in [1.29, 1.82) is 0 Å².